The molecule has 0 unspecified atom stereocenters. The van der Waals surface area contributed by atoms with Crippen LogP contribution >= 0.6 is 23.2 Å². The van der Waals surface area contributed by atoms with E-state index in [4.69, 9.17) is 40.2 Å². The Hall–Kier alpha value is -8.55. The molecule has 2 aliphatic heterocycles. The van der Waals surface area contributed by atoms with E-state index in [1.165, 1.54) is 87.6 Å². The number of halogens is 4. The highest BCUT2D eigenvalue weighted by atomic mass is 35.5. The fourth-order valence-electron chi connectivity index (χ4n) is 10.7. The lowest BCUT2D eigenvalue weighted by atomic mass is 10.1. The predicted molar refractivity (Wildman–Crippen MR) is 324 cm³/mol. The normalized spacial score (nSPS) is 16.4. The highest BCUT2D eigenvalue weighted by Gasteiger charge is 2.36. The van der Waals surface area contributed by atoms with Gasteiger partial charge in [0.1, 0.15) is 24.7 Å². The zero-order valence-corrected chi connectivity index (χ0v) is 50.8. The number of fused-ring (bicyclic) bond motifs is 2. The summed E-state index contributed by atoms with van der Waals surface area (Å²) in [4.78, 5) is 113. The number of hydrogen-bond acceptors (Lipinski definition) is 12. The second-order valence-corrected chi connectivity index (χ2v) is 23.3. The van der Waals surface area contributed by atoms with Crippen molar-refractivity contribution in [3.05, 3.63) is 139 Å². The van der Waals surface area contributed by atoms with Gasteiger partial charge in [0.15, 0.2) is 11.4 Å². The van der Waals surface area contributed by atoms with Crippen molar-refractivity contribution in [2.24, 2.45) is 22.5 Å². The van der Waals surface area contributed by atoms with Gasteiger partial charge in [-0.2, -0.15) is 10.2 Å². The Balaban J connectivity index is 0.000000204. The minimum atomic E-state index is -0.878. The van der Waals surface area contributed by atoms with Gasteiger partial charge in [0.2, 0.25) is 35.4 Å². The predicted octanol–water partition coefficient (Wildman–Crippen LogP) is 5.97. The molecular weight excluding hydrogens is 1180 g/mol. The average molecular weight is 1250 g/mol. The van der Waals surface area contributed by atoms with Gasteiger partial charge in [-0.3, -0.25) is 47.7 Å². The van der Waals surface area contributed by atoms with Gasteiger partial charge in [0.05, 0.1) is 40.6 Å². The Morgan fingerprint density at radius 2 is 1.16 bits per heavy atom. The molecule has 466 valence electrons. The van der Waals surface area contributed by atoms with Crippen LogP contribution in [0.25, 0.3) is 32.2 Å². The Morgan fingerprint density at radius 1 is 0.670 bits per heavy atom. The molecule has 8 amide bonds. The third-order valence-corrected chi connectivity index (χ3v) is 16.6. The lowest BCUT2D eigenvalue weighted by Crippen LogP contribution is -2.43. The number of nitrogens with zero attached hydrogens (tertiary/aromatic N) is 12. The minimum absolute atomic E-state index is 0.00198. The quantitative estimate of drug-likeness (QED) is 0.0368. The van der Waals surface area contributed by atoms with E-state index in [-0.39, 0.29) is 119 Å². The number of likely N-dealkylation sites (tertiary alicyclic amines) is 2. The first-order chi connectivity index (χ1) is 42.0. The number of hydrogen-bond donors (Lipinski definition) is 4. The third-order valence-electron chi connectivity index (χ3n) is 16.0. The molecule has 0 bridgehead atoms. The number of carbonyl (C=O) groups is 8. The molecule has 6 aromatic rings. The van der Waals surface area contributed by atoms with Crippen LogP contribution in [0.2, 0.25) is 10.0 Å². The summed E-state index contributed by atoms with van der Waals surface area (Å²) in [6.45, 7) is 5.56. The number of likely N-dealkylation sites (N-methyl/N-ethyl adjacent to an activating group) is 2. The van der Waals surface area contributed by atoms with E-state index >= 15 is 0 Å². The van der Waals surface area contributed by atoms with Crippen molar-refractivity contribution in [2.45, 2.75) is 103 Å². The maximum absolute atomic E-state index is 14.2. The Labute approximate surface area is 516 Å². The topological polar surface area (TPSA) is 313 Å². The summed E-state index contributed by atoms with van der Waals surface area (Å²) < 4.78 is 30.9. The van der Waals surface area contributed by atoms with Crippen LogP contribution in [0.15, 0.2) is 77.9 Å². The van der Waals surface area contributed by atoms with E-state index in [0.717, 1.165) is 51.1 Å². The van der Waals surface area contributed by atoms with Crippen molar-refractivity contribution in [2.75, 3.05) is 60.4 Å². The Morgan fingerprint density at radius 3 is 1.59 bits per heavy atom. The van der Waals surface area contributed by atoms with Crippen molar-refractivity contribution >= 4 is 92.3 Å². The third kappa shape index (κ3) is 16.7. The molecule has 28 heteroatoms. The van der Waals surface area contributed by atoms with Crippen molar-refractivity contribution in [3.63, 3.8) is 0 Å². The first kappa shape index (κ1) is 65.4. The van der Waals surface area contributed by atoms with Gasteiger partial charge in [0.25, 0.3) is 11.8 Å². The van der Waals surface area contributed by atoms with Gasteiger partial charge in [-0.25, -0.2) is 8.78 Å². The second kappa shape index (κ2) is 29.4. The molecule has 2 aromatic heterocycles. The van der Waals surface area contributed by atoms with Crippen LogP contribution < -0.4 is 22.1 Å². The number of azide groups is 1. The van der Waals surface area contributed by atoms with Crippen LogP contribution in [-0.4, -0.2) is 170 Å². The molecule has 4 aromatic carbocycles. The van der Waals surface area contributed by atoms with E-state index in [2.05, 4.69) is 54.6 Å². The Kier molecular flexibility index (Phi) is 21.9. The highest BCUT2D eigenvalue weighted by molar-refractivity contribution is 6.31. The fraction of sp³-hybridized carbons (Fsp3) is 0.433. The van der Waals surface area contributed by atoms with Gasteiger partial charge in [-0.1, -0.05) is 66.9 Å². The number of carbonyl (C=O) groups excluding carboxylic acids is 8. The molecule has 2 aliphatic carbocycles. The molecular formula is C60H70Cl2F2N16O8. The van der Waals surface area contributed by atoms with Crippen LogP contribution in [0, 0.1) is 17.6 Å². The molecule has 2 atom stereocenters. The summed E-state index contributed by atoms with van der Waals surface area (Å²) >= 11 is 11.6. The molecule has 4 fully saturated rings. The van der Waals surface area contributed by atoms with Crippen LogP contribution in [0.4, 0.5) is 8.78 Å². The van der Waals surface area contributed by atoms with Gasteiger partial charge in [0, 0.05) is 83.7 Å². The monoisotopic (exact) mass is 1250 g/mol. The maximum atomic E-state index is 14.2. The molecule has 10 rings (SSSR count). The molecule has 0 radical (unpaired) electrons. The van der Waals surface area contributed by atoms with E-state index in [9.17, 15) is 47.1 Å². The number of nitrogens with two attached hydrogens (primary N) is 2. The van der Waals surface area contributed by atoms with Gasteiger partial charge in [-0.15, -0.1) is 0 Å². The van der Waals surface area contributed by atoms with Crippen molar-refractivity contribution in [3.8, 4) is 0 Å². The summed E-state index contributed by atoms with van der Waals surface area (Å²) in [5.74, 6) is -4.44. The number of rotatable bonds is 21. The molecule has 4 heterocycles. The molecule has 6 N–H and O–H groups in total. The van der Waals surface area contributed by atoms with Crippen LogP contribution in [-0.2, 0) is 56.6 Å². The summed E-state index contributed by atoms with van der Waals surface area (Å²) in [7, 11) is 6.05. The Bertz CT molecular complexity index is 3700. The summed E-state index contributed by atoms with van der Waals surface area (Å²) in [5, 5.41) is 17.3. The summed E-state index contributed by atoms with van der Waals surface area (Å²) in [6, 6.07) is 18.3. The minimum Gasteiger partial charge on any atom is -0.364 e. The van der Waals surface area contributed by atoms with Crippen molar-refractivity contribution in [1.82, 2.24) is 54.7 Å². The average Bonchev–Trinajstić information content (AvgIpc) is 2.25. The smallest absolute Gasteiger partial charge is 0.269 e. The van der Waals surface area contributed by atoms with Crippen LogP contribution in [0.3, 0.4) is 0 Å². The highest BCUT2D eigenvalue weighted by Crippen LogP contribution is 2.30. The largest absolute Gasteiger partial charge is 0.364 e. The number of nitrogens with one attached hydrogen (secondary N) is 2. The first-order valence-electron chi connectivity index (χ1n) is 28.8. The zero-order chi connectivity index (χ0) is 63.5. The summed E-state index contributed by atoms with van der Waals surface area (Å²) in [5.41, 5.74) is 21.4. The van der Waals surface area contributed by atoms with Gasteiger partial charge < -0.3 is 46.6 Å². The van der Waals surface area contributed by atoms with E-state index in [0.29, 0.717) is 22.0 Å². The SMILES string of the molecule is CC[C@@H]1CCN(C)C1.CN1CC[C@H](N(C)C(=O)Cc2ccc3c(c2)c(C(N)=O)nn3CC(=O)N(CC(=O)NCc2cccc(Cl)c2F)C2CC2)C1.[N-]=[N+]=NC(=O)c1ccc2c(c1)c(C(N)=O)nn2CC(=O)N(CC(=O)NCc1cccc(Cl)c1F)C1CC1. The maximum Gasteiger partial charge on any atom is 0.269 e. The lowest BCUT2D eigenvalue weighted by Gasteiger charge is -2.24. The first-order valence-corrected chi connectivity index (χ1v) is 29.6. The molecule has 88 heavy (non-hydrogen) atoms. The summed E-state index contributed by atoms with van der Waals surface area (Å²) in [6.07, 6.45) is 6.83. The van der Waals surface area contributed by atoms with E-state index in [1.54, 1.807) is 35.2 Å². The standard InChI is InChI=1S/C30H35ClFN7O4.C23H20ClFN8O4.C7H15N/c1-36-11-10-21(15-36)37(2)26(41)13-18-6-9-24-22(12-18)29(30(33)43)35-39(24)17-27(42)38(20-7-8-20)16-25(40)34-14-19-4-3-5-23(31)28(19)32;24-16-3-1-2-13(20(16)25)9-28-18(34)10-32(14-5-6-14)19(35)11-33-17-7-4-12(23(37)29-31-27)8-15(17)21(30-33)22(26)36;1-3-7-4-5-8(2)6-7/h3-6,9,12,20-21H,7-8,10-11,13-17H2,1-2H3,(H2,33,43)(H,34,40);1-4,7-8,14H,5-6,9-11H2,(H2,26,36)(H,28,34);7H,3-6H2,1-2H3/t21-;;7-/m0.1/s1. The molecule has 0 spiro atoms. The lowest BCUT2D eigenvalue weighted by molar-refractivity contribution is -0.137. The number of primary amides is 2. The van der Waals surface area contributed by atoms with E-state index in [1.807, 2.05) is 14.1 Å². The number of amides is 8. The van der Waals surface area contributed by atoms with Gasteiger partial charge in [-0.05, 0) is 130 Å². The molecule has 2 saturated carbocycles. The molecule has 2 saturated heterocycles. The van der Waals surface area contributed by atoms with Gasteiger partial charge >= 0.3 is 0 Å². The van der Waals surface area contributed by atoms with Crippen LogP contribution in [0.1, 0.15) is 99.9 Å². The van der Waals surface area contributed by atoms with Crippen molar-refractivity contribution in [1.29, 1.82) is 0 Å². The fourth-order valence-corrected chi connectivity index (χ4v) is 11.1. The van der Waals surface area contributed by atoms with E-state index < -0.39 is 47.1 Å². The number of aromatic nitrogens is 4. The second-order valence-electron chi connectivity index (χ2n) is 22.5. The zero-order valence-electron chi connectivity index (χ0n) is 49.3. The van der Waals surface area contributed by atoms with Crippen molar-refractivity contribution < 1.29 is 47.1 Å². The number of benzene rings is 4. The van der Waals surface area contributed by atoms with Crippen LogP contribution in [0.5, 0.6) is 0 Å². The molecule has 4 aliphatic rings. The molecule has 24 nitrogen and oxygen atoms in total.